The standard InChI is InChI=1S/C15H15N3O/c16-13-8-10-4-1-2-6-12(10)14(13)18-15(19)11-5-3-7-17-9-11/h1-7,9,13-14H,8,16H2,(H,18,19). The van der Waals surface area contributed by atoms with Crippen LogP contribution >= 0.6 is 0 Å². The predicted octanol–water partition coefficient (Wildman–Crippen LogP) is 1.44. The molecule has 2 atom stereocenters. The highest BCUT2D eigenvalue weighted by atomic mass is 16.1. The smallest absolute Gasteiger partial charge is 0.253 e. The fourth-order valence-electron chi connectivity index (χ4n) is 2.53. The lowest BCUT2D eigenvalue weighted by atomic mass is 10.1. The number of benzene rings is 1. The topological polar surface area (TPSA) is 68.0 Å². The van der Waals surface area contributed by atoms with Crippen molar-refractivity contribution in [3.8, 4) is 0 Å². The van der Waals surface area contributed by atoms with E-state index in [1.807, 2.05) is 18.2 Å². The molecule has 0 spiro atoms. The van der Waals surface area contributed by atoms with Crippen LogP contribution in [-0.4, -0.2) is 16.9 Å². The number of nitrogens with two attached hydrogens (primary N) is 1. The molecule has 2 unspecified atom stereocenters. The van der Waals surface area contributed by atoms with Crippen LogP contribution in [0.25, 0.3) is 0 Å². The van der Waals surface area contributed by atoms with E-state index in [1.165, 1.54) is 5.56 Å². The molecule has 1 aliphatic carbocycles. The summed E-state index contributed by atoms with van der Waals surface area (Å²) in [5.41, 5.74) is 9.01. The number of rotatable bonds is 2. The summed E-state index contributed by atoms with van der Waals surface area (Å²) in [6, 6.07) is 11.4. The van der Waals surface area contributed by atoms with Crippen molar-refractivity contribution in [1.82, 2.24) is 10.3 Å². The maximum absolute atomic E-state index is 12.1. The van der Waals surface area contributed by atoms with Crippen LogP contribution in [0.3, 0.4) is 0 Å². The lowest BCUT2D eigenvalue weighted by Gasteiger charge is -2.18. The minimum absolute atomic E-state index is 0.0713. The van der Waals surface area contributed by atoms with Crippen molar-refractivity contribution in [2.45, 2.75) is 18.5 Å². The van der Waals surface area contributed by atoms with E-state index in [0.29, 0.717) is 5.56 Å². The molecule has 3 rings (SSSR count). The summed E-state index contributed by atoms with van der Waals surface area (Å²) in [4.78, 5) is 16.1. The number of nitrogens with zero attached hydrogens (tertiary/aromatic N) is 1. The van der Waals surface area contributed by atoms with Gasteiger partial charge < -0.3 is 11.1 Å². The Balaban J connectivity index is 1.82. The molecule has 1 aliphatic rings. The molecule has 1 aromatic carbocycles. The third-order valence-corrected chi connectivity index (χ3v) is 3.48. The minimum Gasteiger partial charge on any atom is -0.344 e. The lowest BCUT2D eigenvalue weighted by Crippen LogP contribution is -2.38. The third-order valence-electron chi connectivity index (χ3n) is 3.48. The van der Waals surface area contributed by atoms with E-state index in [-0.39, 0.29) is 18.0 Å². The predicted molar refractivity (Wildman–Crippen MR) is 72.6 cm³/mol. The first kappa shape index (κ1) is 11.9. The summed E-state index contributed by atoms with van der Waals surface area (Å²) < 4.78 is 0. The van der Waals surface area contributed by atoms with E-state index in [1.54, 1.807) is 24.5 Å². The number of hydrogen-bond donors (Lipinski definition) is 2. The largest absolute Gasteiger partial charge is 0.344 e. The zero-order valence-electron chi connectivity index (χ0n) is 10.4. The second-order valence-corrected chi connectivity index (χ2v) is 4.76. The van der Waals surface area contributed by atoms with Crippen molar-refractivity contribution in [3.05, 3.63) is 65.5 Å². The Kier molecular flexibility index (Phi) is 3.01. The van der Waals surface area contributed by atoms with Gasteiger partial charge in [0.25, 0.3) is 5.91 Å². The van der Waals surface area contributed by atoms with Gasteiger partial charge in [-0.15, -0.1) is 0 Å². The summed E-state index contributed by atoms with van der Waals surface area (Å²) in [6.07, 6.45) is 4.00. The Hall–Kier alpha value is -2.20. The molecule has 0 saturated carbocycles. The second-order valence-electron chi connectivity index (χ2n) is 4.76. The van der Waals surface area contributed by atoms with E-state index in [0.717, 1.165) is 12.0 Å². The summed E-state index contributed by atoms with van der Waals surface area (Å²) >= 11 is 0. The molecule has 1 aromatic heterocycles. The molecular formula is C15H15N3O. The number of aromatic nitrogens is 1. The Morgan fingerprint density at radius 3 is 2.89 bits per heavy atom. The molecule has 19 heavy (non-hydrogen) atoms. The van der Waals surface area contributed by atoms with Gasteiger partial charge in [-0.2, -0.15) is 0 Å². The van der Waals surface area contributed by atoms with Crippen LogP contribution in [0.5, 0.6) is 0 Å². The molecular weight excluding hydrogens is 238 g/mol. The first-order chi connectivity index (χ1) is 9.25. The number of carbonyl (C=O) groups is 1. The highest BCUT2D eigenvalue weighted by Gasteiger charge is 2.30. The van der Waals surface area contributed by atoms with Gasteiger partial charge >= 0.3 is 0 Å². The van der Waals surface area contributed by atoms with Gasteiger partial charge in [0.2, 0.25) is 0 Å². The average molecular weight is 253 g/mol. The molecule has 1 amide bonds. The van der Waals surface area contributed by atoms with Crippen molar-refractivity contribution in [2.75, 3.05) is 0 Å². The minimum atomic E-state index is -0.134. The number of nitrogens with one attached hydrogen (secondary N) is 1. The molecule has 4 nitrogen and oxygen atoms in total. The van der Waals surface area contributed by atoms with E-state index in [4.69, 9.17) is 5.73 Å². The van der Waals surface area contributed by atoms with Crippen molar-refractivity contribution in [2.24, 2.45) is 5.73 Å². The molecule has 1 heterocycles. The number of pyridine rings is 1. The van der Waals surface area contributed by atoms with Crippen LogP contribution in [-0.2, 0) is 6.42 Å². The van der Waals surface area contributed by atoms with Crippen LogP contribution in [0.4, 0.5) is 0 Å². The highest BCUT2D eigenvalue weighted by Crippen LogP contribution is 2.30. The number of fused-ring (bicyclic) bond motifs is 1. The first-order valence-electron chi connectivity index (χ1n) is 6.30. The Morgan fingerprint density at radius 1 is 1.26 bits per heavy atom. The van der Waals surface area contributed by atoms with E-state index >= 15 is 0 Å². The Morgan fingerprint density at radius 2 is 2.11 bits per heavy atom. The van der Waals surface area contributed by atoms with Gasteiger partial charge in [-0.1, -0.05) is 24.3 Å². The maximum Gasteiger partial charge on any atom is 0.253 e. The normalized spacial score (nSPS) is 20.9. The zero-order valence-corrected chi connectivity index (χ0v) is 10.4. The van der Waals surface area contributed by atoms with Gasteiger partial charge in [-0.3, -0.25) is 9.78 Å². The van der Waals surface area contributed by atoms with Crippen LogP contribution in [0.15, 0.2) is 48.8 Å². The summed E-state index contributed by atoms with van der Waals surface area (Å²) in [7, 11) is 0. The fraction of sp³-hybridized carbons (Fsp3) is 0.200. The monoisotopic (exact) mass is 253 g/mol. The van der Waals surface area contributed by atoms with Gasteiger partial charge in [0.15, 0.2) is 0 Å². The molecule has 3 N–H and O–H groups in total. The molecule has 0 radical (unpaired) electrons. The number of carbonyl (C=O) groups excluding carboxylic acids is 1. The van der Waals surface area contributed by atoms with E-state index in [2.05, 4.69) is 16.4 Å². The van der Waals surface area contributed by atoms with E-state index in [9.17, 15) is 4.79 Å². The second kappa shape index (κ2) is 4.82. The Labute approximate surface area is 111 Å². The molecule has 4 heteroatoms. The molecule has 0 saturated heterocycles. The van der Waals surface area contributed by atoms with Gasteiger partial charge in [0.1, 0.15) is 0 Å². The molecule has 96 valence electrons. The molecule has 0 fully saturated rings. The first-order valence-corrected chi connectivity index (χ1v) is 6.30. The van der Waals surface area contributed by atoms with Gasteiger partial charge in [-0.05, 0) is 29.7 Å². The van der Waals surface area contributed by atoms with Crippen molar-refractivity contribution >= 4 is 5.91 Å². The van der Waals surface area contributed by atoms with Crippen LogP contribution in [0.2, 0.25) is 0 Å². The SMILES string of the molecule is NC1Cc2ccccc2C1NC(=O)c1cccnc1. The summed E-state index contributed by atoms with van der Waals surface area (Å²) in [6.45, 7) is 0. The van der Waals surface area contributed by atoms with E-state index < -0.39 is 0 Å². The third kappa shape index (κ3) is 2.22. The zero-order chi connectivity index (χ0) is 13.2. The summed E-state index contributed by atoms with van der Waals surface area (Å²) in [5.74, 6) is -0.134. The number of amides is 1. The lowest BCUT2D eigenvalue weighted by molar-refractivity contribution is 0.0932. The molecule has 0 bridgehead atoms. The fourth-order valence-corrected chi connectivity index (χ4v) is 2.53. The molecule has 2 aromatic rings. The van der Waals surface area contributed by atoms with Crippen LogP contribution < -0.4 is 11.1 Å². The number of hydrogen-bond acceptors (Lipinski definition) is 3. The maximum atomic E-state index is 12.1. The van der Waals surface area contributed by atoms with Crippen LogP contribution in [0, 0.1) is 0 Å². The molecule has 0 aliphatic heterocycles. The summed E-state index contributed by atoms with van der Waals surface area (Å²) in [5, 5.41) is 3.00. The Bertz CT molecular complexity index is 597. The van der Waals surface area contributed by atoms with Crippen molar-refractivity contribution < 1.29 is 4.79 Å². The van der Waals surface area contributed by atoms with Gasteiger partial charge in [0.05, 0.1) is 11.6 Å². The van der Waals surface area contributed by atoms with Gasteiger partial charge in [-0.25, -0.2) is 0 Å². The van der Waals surface area contributed by atoms with Crippen molar-refractivity contribution in [1.29, 1.82) is 0 Å². The van der Waals surface area contributed by atoms with Crippen LogP contribution in [0.1, 0.15) is 27.5 Å². The van der Waals surface area contributed by atoms with Crippen molar-refractivity contribution in [3.63, 3.8) is 0 Å². The quantitative estimate of drug-likeness (QED) is 0.851. The average Bonchev–Trinajstić information content (AvgIpc) is 2.76. The van der Waals surface area contributed by atoms with Gasteiger partial charge in [0, 0.05) is 18.4 Å². The highest BCUT2D eigenvalue weighted by molar-refractivity contribution is 5.94.